The van der Waals surface area contributed by atoms with Gasteiger partial charge >= 0.3 is 0 Å². The summed E-state index contributed by atoms with van der Waals surface area (Å²) < 4.78 is 0. The Balaban J connectivity index is 1.83. The summed E-state index contributed by atoms with van der Waals surface area (Å²) in [5, 5.41) is 0. The van der Waals surface area contributed by atoms with Gasteiger partial charge in [-0.15, -0.1) is 0 Å². The first-order valence-electron chi connectivity index (χ1n) is 7.81. The largest absolute Gasteiger partial charge is 0.327 e. The zero-order chi connectivity index (χ0) is 12.3. The van der Waals surface area contributed by atoms with Crippen LogP contribution in [0, 0.1) is 0 Å². The average molecular weight is 240 g/mol. The first-order chi connectivity index (χ1) is 8.33. The van der Waals surface area contributed by atoms with Gasteiger partial charge < -0.3 is 10.6 Å². The Labute approximate surface area is 108 Å². The highest BCUT2D eigenvalue weighted by Crippen LogP contribution is 2.11. The van der Waals surface area contributed by atoms with Crippen LogP contribution in [0.25, 0.3) is 0 Å². The average Bonchev–Trinajstić information content (AvgIpc) is 2.33. The van der Waals surface area contributed by atoms with E-state index in [1.807, 2.05) is 0 Å². The third-order valence-corrected chi connectivity index (χ3v) is 3.87. The Morgan fingerprint density at radius 3 is 2.29 bits per heavy atom. The van der Waals surface area contributed by atoms with Gasteiger partial charge in [0.25, 0.3) is 0 Å². The maximum absolute atomic E-state index is 5.98. The number of piperidine rings is 1. The minimum atomic E-state index is 0.442. The molecule has 1 fully saturated rings. The van der Waals surface area contributed by atoms with E-state index in [0.29, 0.717) is 6.04 Å². The second-order valence-corrected chi connectivity index (χ2v) is 5.68. The monoisotopic (exact) mass is 240 g/mol. The van der Waals surface area contributed by atoms with Gasteiger partial charge in [0.15, 0.2) is 0 Å². The van der Waals surface area contributed by atoms with Gasteiger partial charge in [-0.25, -0.2) is 0 Å². The van der Waals surface area contributed by atoms with E-state index >= 15 is 0 Å². The molecule has 1 aliphatic rings. The van der Waals surface area contributed by atoms with Crippen LogP contribution < -0.4 is 5.73 Å². The van der Waals surface area contributed by atoms with E-state index in [0.717, 1.165) is 6.54 Å². The maximum Gasteiger partial charge on any atom is 0.0168 e. The lowest BCUT2D eigenvalue weighted by Crippen LogP contribution is -2.43. The predicted octanol–water partition coefficient (Wildman–Crippen LogP) is 3.55. The molecule has 0 aromatic carbocycles. The molecule has 0 aromatic rings. The minimum absolute atomic E-state index is 0.442. The Bertz CT molecular complexity index is 170. The SMILES string of the molecule is CCCCCCCCCCN1CCCC(N)C1. The third-order valence-electron chi connectivity index (χ3n) is 3.87. The molecule has 0 aliphatic carbocycles. The summed E-state index contributed by atoms with van der Waals surface area (Å²) in [4.78, 5) is 2.56. The van der Waals surface area contributed by atoms with Crippen molar-refractivity contribution in [2.45, 2.75) is 77.2 Å². The van der Waals surface area contributed by atoms with Crippen LogP contribution in [0.3, 0.4) is 0 Å². The van der Waals surface area contributed by atoms with Crippen molar-refractivity contribution in [2.24, 2.45) is 5.73 Å². The summed E-state index contributed by atoms with van der Waals surface area (Å²) in [5.41, 5.74) is 5.98. The number of rotatable bonds is 9. The lowest BCUT2D eigenvalue weighted by atomic mass is 10.1. The van der Waals surface area contributed by atoms with Crippen LogP contribution in [0.15, 0.2) is 0 Å². The first kappa shape index (κ1) is 15.0. The molecular weight excluding hydrogens is 208 g/mol. The van der Waals surface area contributed by atoms with E-state index < -0.39 is 0 Å². The van der Waals surface area contributed by atoms with Gasteiger partial charge in [0.2, 0.25) is 0 Å². The summed E-state index contributed by atoms with van der Waals surface area (Å²) in [5.74, 6) is 0. The number of nitrogens with two attached hydrogens (primary N) is 1. The second-order valence-electron chi connectivity index (χ2n) is 5.68. The molecule has 1 atom stereocenters. The van der Waals surface area contributed by atoms with Crippen molar-refractivity contribution in [1.82, 2.24) is 4.90 Å². The fourth-order valence-corrected chi connectivity index (χ4v) is 2.76. The highest BCUT2D eigenvalue weighted by Gasteiger charge is 2.15. The van der Waals surface area contributed by atoms with Crippen molar-refractivity contribution in [1.29, 1.82) is 0 Å². The van der Waals surface area contributed by atoms with Crippen LogP contribution in [0.5, 0.6) is 0 Å². The van der Waals surface area contributed by atoms with Crippen LogP contribution >= 0.6 is 0 Å². The van der Waals surface area contributed by atoms with Gasteiger partial charge in [-0.05, 0) is 32.4 Å². The van der Waals surface area contributed by atoms with Gasteiger partial charge in [-0.2, -0.15) is 0 Å². The molecule has 0 spiro atoms. The Morgan fingerprint density at radius 1 is 1.00 bits per heavy atom. The van der Waals surface area contributed by atoms with E-state index in [4.69, 9.17) is 5.73 Å². The highest BCUT2D eigenvalue weighted by molar-refractivity contribution is 4.74. The molecule has 0 saturated carbocycles. The fraction of sp³-hybridized carbons (Fsp3) is 1.00. The van der Waals surface area contributed by atoms with E-state index in [-0.39, 0.29) is 0 Å². The molecule has 1 aliphatic heterocycles. The maximum atomic E-state index is 5.98. The van der Waals surface area contributed by atoms with Crippen LogP contribution in [0.4, 0.5) is 0 Å². The zero-order valence-electron chi connectivity index (χ0n) is 11.8. The van der Waals surface area contributed by atoms with Gasteiger partial charge in [-0.3, -0.25) is 0 Å². The molecular formula is C15H32N2. The molecule has 1 rings (SSSR count). The van der Waals surface area contributed by atoms with Crippen molar-refractivity contribution in [3.63, 3.8) is 0 Å². The van der Waals surface area contributed by atoms with E-state index in [9.17, 15) is 0 Å². The second kappa shape index (κ2) is 9.90. The quantitative estimate of drug-likeness (QED) is 0.625. The molecule has 0 aromatic heterocycles. The molecule has 0 radical (unpaired) electrons. The lowest BCUT2D eigenvalue weighted by molar-refractivity contribution is 0.205. The number of unbranched alkanes of at least 4 members (excludes halogenated alkanes) is 7. The molecule has 1 heterocycles. The zero-order valence-corrected chi connectivity index (χ0v) is 11.8. The number of hydrogen-bond acceptors (Lipinski definition) is 2. The van der Waals surface area contributed by atoms with Crippen molar-refractivity contribution in [3.8, 4) is 0 Å². The summed E-state index contributed by atoms with van der Waals surface area (Å²) in [6.45, 7) is 5.98. The lowest BCUT2D eigenvalue weighted by Gasteiger charge is -2.30. The molecule has 1 unspecified atom stereocenters. The molecule has 17 heavy (non-hydrogen) atoms. The van der Waals surface area contributed by atoms with Crippen molar-refractivity contribution in [2.75, 3.05) is 19.6 Å². The smallest absolute Gasteiger partial charge is 0.0168 e. The van der Waals surface area contributed by atoms with Gasteiger partial charge in [0, 0.05) is 12.6 Å². The van der Waals surface area contributed by atoms with Gasteiger partial charge in [-0.1, -0.05) is 51.9 Å². The molecule has 0 bridgehead atoms. The highest BCUT2D eigenvalue weighted by atomic mass is 15.1. The molecule has 102 valence electrons. The number of nitrogens with zero attached hydrogens (tertiary/aromatic N) is 1. The predicted molar refractivity (Wildman–Crippen MR) is 76.3 cm³/mol. The fourth-order valence-electron chi connectivity index (χ4n) is 2.76. The summed E-state index contributed by atoms with van der Waals surface area (Å²) >= 11 is 0. The Kier molecular flexibility index (Phi) is 8.72. The molecule has 2 heteroatoms. The molecule has 2 nitrogen and oxygen atoms in total. The summed E-state index contributed by atoms with van der Waals surface area (Å²) in [7, 11) is 0. The van der Waals surface area contributed by atoms with E-state index in [2.05, 4.69) is 11.8 Å². The van der Waals surface area contributed by atoms with Crippen molar-refractivity contribution >= 4 is 0 Å². The topological polar surface area (TPSA) is 29.3 Å². The van der Waals surface area contributed by atoms with Crippen molar-refractivity contribution in [3.05, 3.63) is 0 Å². The van der Waals surface area contributed by atoms with E-state index in [1.165, 1.54) is 77.3 Å². The third kappa shape index (κ3) is 7.77. The number of hydrogen-bond donors (Lipinski definition) is 1. The van der Waals surface area contributed by atoms with Gasteiger partial charge in [0.1, 0.15) is 0 Å². The summed E-state index contributed by atoms with van der Waals surface area (Å²) in [6, 6.07) is 0.442. The number of likely N-dealkylation sites (tertiary alicyclic amines) is 1. The first-order valence-corrected chi connectivity index (χ1v) is 7.81. The summed E-state index contributed by atoms with van der Waals surface area (Å²) in [6.07, 6.45) is 13.9. The minimum Gasteiger partial charge on any atom is -0.327 e. The Morgan fingerprint density at radius 2 is 1.65 bits per heavy atom. The van der Waals surface area contributed by atoms with Crippen molar-refractivity contribution < 1.29 is 0 Å². The van der Waals surface area contributed by atoms with Crippen LogP contribution in [0.1, 0.15) is 71.1 Å². The molecule has 2 N–H and O–H groups in total. The molecule has 0 amide bonds. The van der Waals surface area contributed by atoms with Crippen LogP contribution in [-0.4, -0.2) is 30.6 Å². The van der Waals surface area contributed by atoms with E-state index in [1.54, 1.807) is 0 Å². The molecule has 1 saturated heterocycles. The Hall–Kier alpha value is -0.0800. The van der Waals surface area contributed by atoms with Crippen LogP contribution in [0.2, 0.25) is 0 Å². The normalized spacial score (nSPS) is 21.9. The van der Waals surface area contributed by atoms with Gasteiger partial charge in [0.05, 0.1) is 0 Å². The van der Waals surface area contributed by atoms with Crippen LogP contribution in [-0.2, 0) is 0 Å². The standard InChI is InChI=1S/C15H32N2/c1-2-3-4-5-6-7-8-9-12-17-13-10-11-15(16)14-17/h15H,2-14,16H2,1H3.